The molecule has 0 saturated heterocycles. The number of aliphatic hydroxyl groups excluding tert-OH is 1. The molecule has 0 heterocycles. The minimum absolute atomic E-state index is 0.144. The Morgan fingerprint density at radius 2 is 1.94 bits per heavy atom. The fourth-order valence-corrected chi connectivity index (χ4v) is 2.81. The van der Waals surface area contributed by atoms with Crippen molar-refractivity contribution < 1.29 is 5.11 Å². The van der Waals surface area contributed by atoms with Crippen LogP contribution in [0.5, 0.6) is 0 Å². The molecule has 1 aliphatic rings. The van der Waals surface area contributed by atoms with E-state index in [9.17, 15) is 5.11 Å². The van der Waals surface area contributed by atoms with Crippen molar-refractivity contribution in [1.82, 2.24) is 10.2 Å². The Morgan fingerprint density at radius 3 is 2.41 bits per heavy atom. The van der Waals surface area contributed by atoms with E-state index in [1.54, 1.807) is 0 Å². The van der Waals surface area contributed by atoms with Crippen LogP contribution in [0.2, 0.25) is 0 Å². The van der Waals surface area contributed by atoms with E-state index in [1.807, 2.05) is 0 Å². The normalized spacial score (nSPS) is 21.0. The predicted octanol–water partition coefficient (Wildman–Crippen LogP) is 2.00. The van der Waals surface area contributed by atoms with E-state index in [4.69, 9.17) is 0 Å². The van der Waals surface area contributed by atoms with E-state index >= 15 is 0 Å². The summed E-state index contributed by atoms with van der Waals surface area (Å²) in [5.74, 6) is 0. The van der Waals surface area contributed by atoms with Crippen LogP contribution in [0.15, 0.2) is 0 Å². The third kappa shape index (κ3) is 4.57. The Morgan fingerprint density at radius 1 is 1.29 bits per heavy atom. The van der Waals surface area contributed by atoms with Gasteiger partial charge in [-0.15, -0.1) is 0 Å². The summed E-state index contributed by atoms with van der Waals surface area (Å²) in [4.78, 5) is 2.55. The molecule has 0 radical (unpaired) electrons. The lowest BCUT2D eigenvalue weighted by Gasteiger charge is -2.37. The molecule has 1 fully saturated rings. The molecule has 1 aliphatic carbocycles. The minimum atomic E-state index is -0.144. The molecule has 1 rings (SSSR count). The lowest BCUT2D eigenvalue weighted by molar-refractivity contribution is 0.0990. The summed E-state index contributed by atoms with van der Waals surface area (Å²) in [6, 6.07) is 0.745. The molecule has 0 aromatic rings. The molecule has 1 unspecified atom stereocenters. The highest BCUT2D eigenvalue weighted by Gasteiger charge is 2.29. The maximum Gasteiger partial charge on any atom is 0.0623 e. The first kappa shape index (κ1) is 14.9. The largest absolute Gasteiger partial charge is 0.394 e. The summed E-state index contributed by atoms with van der Waals surface area (Å²) in [6.07, 6.45) is 6.54. The van der Waals surface area contributed by atoms with Crippen LogP contribution in [0.3, 0.4) is 0 Å². The van der Waals surface area contributed by atoms with Crippen LogP contribution in [-0.2, 0) is 0 Å². The maximum atomic E-state index is 9.61. The summed E-state index contributed by atoms with van der Waals surface area (Å²) < 4.78 is 0. The highest BCUT2D eigenvalue weighted by atomic mass is 16.3. The van der Waals surface area contributed by atoms with Crippen molar-refractivity contribution in [2.24, 2.45) is 0 Å². The average Bonchev–Trinajstić information content (AvgIpc) is 2.87. The molecule has 1 saturated carbocycles. The topological polar surface area (TPSA) is 35.5 Å². The van der Waals surface area contributed by atoms with Gasteiger partial charge in [0.05, 0.1) is 12.1 Å². The molecule has 2 N–H and O–H groups in total. The maximum absolute atomic E-state index is 9.61. The molecule has 0 aromatic carbocycles. The van der Waals surface area contributed by atoms with Gasteiger partial charge in [-0.25, -0.2) is 0 Å². The molecular formula is C14H30N2O. The molecule has 3 nitrogen and oxygen atoms in total. The highest BCUT2D eigenvalue weighted by molar-refractivity contribution is 4.89. The molecule has 0 aliphatic heterocycles. The van der Waals surface area contributed by atoms with Crippen LogP contribution in [0.4, 0.5) is 0 Å². The molecule has 1 atom stereocenters. The Kier molecular flexibility index (Phi) is 6.45. The van der Waals surface area contributed by atoms with Crippen LogP contribution in [-0.4, -0.2) is 47.8 Å². The molecule has 0 amide bonds. The van der Waals surface area contributed by atoms with Crippen molar-refractivity contribution in [1.29, 1.82) is 0 Å². The first-order chi connectivity index (χ1) is 8.15. The van der Waals surface area contributed by atoms with Gasteiger partial charge in [0, 0.05) is 12.6 Å². The number of rotatable bonds is 8. The van der Waals surface area contributed by atoms with Crippen molar-refractivity contribution in [3.63, 3.8) is 0 Å². The Balaban J connectivity index is 2.50. The molecule has 0 bridgehead atoms. The zero-order valence-corrected chi connectivity index (χ0v) is 11.8. The standard InChI is InChI=1S/C14H30N2O/c1-4-10-15-14(3,12-17)11-16(5-2)13-8-6-7-9-13/h13,15,17H,4-12H2,1-3H3. The van der Waals surface area contributed by atoms with E-state index in [1.165, 1.54) is 25.7 Å². The fourth-order valence-electron chi connectivity index (χ4n) is 2.81. The van der Waals surface area contributed by atoms with Gasteiger partial charge in [-0.3, -0.25) is 4.90 Å². The number of hydrogen-bond donors (Lipinski definition) is 2. The average molecular weight is 242 g/mol. The van der Waals surface area contributed by atoms with Gasteiger partial charge in [-0.2, -0.15) is 0 Å². The van der Waals surface area contributed by atoms with Gasteiger partial charge in [-0.05, 0) is 39.3 Å². The zero-order valence-electron chi connectivity index (χ0n) is 11.8. The van der Waals surface area contributed by atoms with Crippen molar-refractivity contribution in [2.75, 3.05) is 26.2 Å². The highest BCUT2D eigenvalue weighted by Crippen LogP contribution is 2.24. The summed E-state index contributed by atoms with van der Waals surface area (Å²) in [7, 11) is 0. The summed E-state index contributed by atoms with van der Waals surface area (Å²) >= 11 is 0. The van der Waals surface area contributed by atoms with Gasteiger partial charge in [0.2, 0.25) is 0 Å². The number of likely N-dealkylation sites (N-methyl/N-ethyl adjacent to an activating group) is 1. The molecule has 0 aromatic heterocycles. The van der Waals surface area contributed by atoms with Crippen LogP contribution < -0.4 is 5.32 Å². The van der Waals surface area contributed by atoms with Gasteiger partial charge >= 0.3 is 0 Å². The first-order valence-corrected chi connectivity index (χ1v) is 7.25. The zero-order chi connectivity index (χ0) is 12.7. The van der Waals surface area contributed by atoms with Crippen molar-refractivity contribution in [3.8, 4) is 0 Å². The SMILES string of the molecule is CCCNC(C)(CO)CN(CC)C1CCCC1. The van der Waals surface area contributed by atoms with E-state index in [0.717, 1.165) is 32.1 Å². The van der Waals surface area contributed by atoms with E-state index in [2.05, 4.69) is 31.0 Å². The van der Waals surface area contributed by atoms with E-state index in [-0.39, 0.29) is 12.1 Å². The lowest BCUT2D eigenvalue weighted by atomic mass is 10.0. The van der Waals surface area contributed by atoms with Crippen LogP contribution in [0.25, 0.3) is 0 Å². The number of aliphatic hydroxyl groups is 1. The summed E-state index contributed by atoms with van der Waals surface area (Å²) in [5.41, 5.74) is -0.144. The molecule has 3 heteroatoms. The smallest absolute Gasteiger partial charge is 0.0623 e. The fraction of sp³-hybridized carbons (Fsp3) is 1.00. The third-order valence-corrected chi connectivity index (χ3v) is 3.95. The van der Waals surface area contributed by atoms with Crippen LogP contribution >= 0.6 is 0 Å². The summed E-state index contributed by atoms with van der Waals surface area (Å²) in [5, 5.41) is 13.1. The molecular weight excluding hydrogens is 212 g/mol. The second kappa shape index (κ2) is 7.34. The van der Waals surface area contributed by atoms with Gasteiger partial charge in [0.15, 0.2) is 0 Å². The van der Waals surface area contributed by atoms with E-state index < -0.39 is 0 Å². The van der Waals surface area contributed by atoms with Gasteiger partial charge < -0.3 is 10.4 Å². The quantitative estimate of drug-likeness (QED) is 0.683. The second-order valence-corrected chi connectivity index (χ2v) is 5.65. The minimum Gasteiger partial charge on any atom is -0.394 e. The number of nitrogens with one attached hydrogen (secondary N) is 1. The van der Waals surface area contributed by atoms with Crippen LogP contribution in [0.1, 0.15) is 52.9 Å². The van der Waals surface area contributed by atoms with Gasteiger partial charge in [-0.1, -0.05) is 26.7 Å². The predicted molar refractivity (Wildman–Crippen MR) is 73.3 cm³/mol. The lowest BCUT2D eigenvalue weighted by Crippen LogP contribution is -2.55. The monoisotopic (exact) mass is 242 g/mol. The Bertz CT molecular complexity index is 204. The van der Waals surface area contributed by atoms with Gasteiger partial charge in [0.1, 0.15) is 0 Å². The van der Waals surface area contributed by atoms with E-state index in [0.29, 0.717) is 0 Å². The van der Waals surface area contributed by atoms with Crippen molar-refractivity contribution >= 4 is 0 Å². The van der Waals surface area contributed by atoms with Crippen molar-refractivity contribution in [2.45, 2.75) is 64.5 Å². The molecule has 17 heavy (non-hydrogen) atoms. The molecule has 0 spiro atoms. The third-order valence-electron chi connectivity index (χ3n) is 3.95. The number of nitrogens with zero attached hydrogens (tertiary/aromatic N) is 1. The first-order valence-electron chi connectivity index (χ1n) is 7.25. The Hall–Kier alpha value is -0.120. The number of hydrogen-bond acceptors (Lipinski definition) is 3. The molecule has 102 valence electrons. The summed E-state index contributed by atoms with van der Waals surface area (Å²) in [6.45, 7) is 9.80. The van der Waals surface area contributed by atoms with Crippen LogP contribution in [0, 0.1) is 0 Å². The Labute approximate surface area is 107 Å². The van der Waals surface area contributed by atoms with Gasteiger partial charge in [0.25, 0.3) is 0 Å². The van der Waals surface area contributed by atoms with Crippen molar-refractivity contribution in [3.05, 3.63) is 0 Å². The second-order valence-electron chi connectivity index (χ2n) is 5.65.